The molecule has 0 bridgehead atoms. The van der Waals surface area contributed by atoms with Crippen LogP contribution in [0.25, 0.3) is 0 Å². The monoisotopic (exact) mass is 420 g/mol. The lowest BCUT2D eigenvalue weighted by Gasteiger charge is -2.11. The van der Waals surface area contributed by atoms with Crippen LogP contribution >= 0.6 is 23.2 Å². The number of carbonyl (C=O) groups excluding carboxylic acids is 2. The lowest BCUT2D eigenvalue weighted by Crippen LogP contribution is -2.25. The lowest BCUT2D eigenvalue weighted by molar-refractivity contribution is -0.116. The Bertz CT molecular complexity index is 954. The Morgan fingerprint density at radius 1 is 1.14 bits per heavy atom. The maximum atomic E-state index is 12.2. The summed E-state index contributed by atoms with van der Waals surface area (Å²) >= 11 is 12.3. The number of halogens is 2. The standard InChI is InChI=1S/C19H18Cl2N4O3/c20-14-5-1-4-13(18(14)21)12-25-16(8-10-23-25)24-17(26)7-2-9-22-19(27)15-6-3-11-28-15/h1,3-6,8,10-11H,2,7,9,12H2,(H,22,27)(H,24,26). The molecule has 0 unspecified atom stereocenters. The van der Waals surface area contributed by atoms with Gasteiger partial charge in [-0.15, -0.1) is 0 Å². The molecule has 0 aliphatic carbocycles. The number of hydrogen-bond donors (Lipinski definition) is 2. The molecular weight excluding hydrogens is 403 g/mol. The molecule has 0 fully saturated rings. The van der Waals surface area contributed by atoms with E-state index in [0.29, 0.717) is 35.4 Å². The molecule has 2 amide bonds. The largest absolute Gasteiger partial charge is 0.459 e. The number of anilines is 1. The summed E-state index contributed by atoms with van der Waals surface area (Å²) in [4.78, 5) is 23.9. The second-order valence-electron chi connectivity index (χ2n) is 5.97. The van der Waals surface area contributed by atoms with E-state index in [1.165, 1.54) is 6.26 Å². The zero-order valence-electron chi connectivity index (χ0n) is 14.8. The Morgan fingerprint density at radius 3 is 2.79 bits per heavy atom. The van der Waals surface area contributed by atoms with Gasteiger partial charge in [0.15, 0.2) is 5.76 Å². The molecule has 28 heavy (non-hydrogen) atoms. The van der Waals surface area contributed by atoms with Crippen molar-refractivity contribution in [2.45, 2.75) is 19.4 Å². The summed E-state index contributed by atoms with van der Waals surface area (Å²) in [6.07, 6.45) is 3.77. The first kappa shape index (κ1) is 20.0. The number of benzene rings is 1. The van der Waals surface area contributed by atoms with Gasteiger partial charge in [-0.3, -0.25) is 9.59 Å². The van der Waals surface area contributed by atoms with Gasteiger partial charge in [0, 0.05) is 19.0 Å². The topological polar surface area (TPSA) is 89.2 Å². The lowest BCUT2D eigenvalue weighted by atomic mass is 10.2. The fraction of sp³-hybridized carbons (Fsp3) is 0.211. The maximum Gasteiger partial charge on any atom is 0.286 e. The van der Waals surface area contributed by atoms with E-state index < -0.39 is 0 Å². The molecule has 9 heteroatoms. The van der Waals surface area contributed by atoms with Crippen LogP contribution in [0.1, 0.15) is 29.0 Å². The molecule has 7 nitrogen and oxygen atoms in total. The fourth-order valence-electron chi connectivity index (χ4n) is 2.55. The minimum Gasteiger partial charge on any atom is -0.459 e. The molecule has 0 atom stereocenters. The smallest absolute Gasteiger partial charge is 0.286 e. The van der Waals surface area contributed by atoms with E-state index in [1.54, 1.807) is 35.1 Å². The zero-order chi connectivity index (χ0) is 19.9. The fourth-order valence-corrected chi connectivity index (χ4v) is 2.93. The first-order valence-corrected chi connectivity index (χ1v) is 9.36. The normalized spacial score (nSPS) is 10.6. The molecule has 2 N–H and O–H groups in total. The number of carbonyl (C=O) groups is 2. The average molecular weight is 421 g/mol. The van der Waals surface area contributed by atoms with E-state index in [-0.39, 0.29) is 24.0 Å². The van der Waals surface area contributed by atoms with Gasteiger partial charge in [-0.1, -0.05) is 35.3 Å². The molecular formula is C19H18Cl2N4O3. The van der Waals surface area contributed by atoms with Crippen LogP contribution in [0.3, 0.4) is 0 Å². The number of nitrogens with one attached hydrogen (secondary N) is 2. The summed E-state index contributed by atoms with van der Waals surface area (Å²) in [5.41, 5.74) is 0.800. The maximum absolute atomic E-state index is 12.2. The van der Waals surface area contributed by atoms with Crippen molar-refractivity contribution in [3.8, 4) is 0 Å². The molecule has 0 spiro atoms. The Kier molecular flexibility index (Phi) is 6.73. The highest BCUT2D eigenvalue weighted by Crippen LogP contribution is 2.26. The molecule has 0 aliphatic heterocycles. The molecule has 3 aromatic rings. The summed E-state index contributed by atoms with van der Waals surface area (Å²) in [6, 6.07) is 10.3. The van der Waals surface area contributed by atoms with Crippen molar-refractivity contribution in [3.05, 3.63) is 70.2 Å². The highest BCUT2D eigenvalue weighted by atomic mass is 35.5. The van der Waals surface area contributed by atoms with Crippen LogP contribution in [-0.4, -0.2) is 28.1 Å². The summed E-state index contributed by atoms with van der Waals surface area (Å²) < 4.78 is 6.64. The summed E-state index contributed by atoms with van der Waals surface area (Å²) in [6.45, 7) is 0.742. The molecule has 1 aromatic carbocycles. The number of furan rings is 1. The first-order valence-electron chi connectivity index (χ1n) is 8.61. The first-order chi connectivity index (χ1) is 13.5. The van der Waals surface area contributed by atoms with E-state index >= 15 is 0 Å². The summed E-state index contributed by atoms with van der Waals surface area (Å²) in [5.74, 6) is 0.321. The second-order valence-corrected chi connectivity index (χ2v) is 6.76. The van der Waals surface area contributed by atoms with Crippen molar-refractivity contribution >= 4 is 40.8 Å². The van der Waals surface area contributed by atoms with Crippen LogP contribution in [0.5, 0.6) is 0 Å². The summed E-state index contributed by atoms with van der Waals surface area (Å²) in [7, 11) is 0. The van der Waals surface area contributed by atoms with Crippen molar-refractivity contribution in [3.63, 3.8) is 0 Å². The van der Waals surface area contributed by atoms with Gasteiger partial charge in [-0.05, 0) is 30.2 Å². The van der Waals surface area contributed by atoms with Gasteiger partial charge in [0.05, 0.1) is 29.1 Å². The van der Waals surface area contributed by atoms with E-state index in [9.17, 15) is 9.59 Å². The molecule has 0 saturated heterocycles. The van der Waals surface area contributed by atoms with Crippen molar-refractivity contribution in [2.75, 3.05) is 11.9 Å². The molecule has 0 aliphatic rings. The number of rotatable bonds is 8. The Labute approximate surface area is 171 Å². The Morgan fingerprint density at radius 2 is 2.00 bits per heavy atom. The molecule has 3 rings (SSSR count). The molecule has 0 saturated carbocycles. The van der Waals surface area contributed by atoms with Crippen molar-refractivity contribution in [2.24, 2.45) is 0 Å². The van der Waals surface area contributed by atoms with Crippen LogP contribution in [0.2, 0.25) is 10.0 Å². The van der Waals surface area contributed by atoms with Gasteiger partial charge in [-0.25, -0.2) is 4.68 Å². The van der Waals surface area contributed by atoms with Crippen LogP contribution in [0.4, 0.5) is 5.82 Å². The van der Waals surface area contributed by atoms with E-state index in [4.69, 9.17) is 27.6 Å². The Balaban J connectivity index is 1.48. The second kappa shape index (κ2) is 9.43. The number of hydrogen-bond acceptors (Lipinski definition) is 4. The van der Waals surface area contributed by atoms with Gasteiger partial charge in [-0.2, -0.15) is 5.10 Å². The van der Waals surface area contributed by atoms with Crippen LogP contribution in [0, 0.1) is 0 Å². The van der Waals surface area contributed by atoms with Gasteiger partial charge < -0.3 is 15.1 Å². The average Bonchev–Trinajstić information content (AvgIpc) is 3.35. The SMILES string of the molecule is O=C(CCCNC(=O)c1ccco1)Nc1ccnn1Cc1cccc(Cl)c1Cl. The van der Waals surface area contributed by atoms with Crippen molar-refractivity contribution in [1.29, 1.82) is 0 Å². The van der Waals surface area contributed by atoms with Gasteiger partial charge in [0.1, 0.15) is 5.82 Å². The van der Waals surface area contributed by atoms with Gasteiger partial charge in [0.25, 0.3) is 5.91 Å². The predicted molar refractivity (Wildman–Crippen MR) is 107 cm³/mol. The van der Waals surface area contributed by atoms with Crippen LogP contribution < -0.4 is 10.6 Å². The Hall–Kier alpha value is -2.77. The van der Waals surface area contributed by atoms with Gasteiger partial charge in [0.2, 0.25) is 5.91 Å². The molecule has 2 aromatic heterocycles. The minimum atomic E-state index is -0.304. The van der Waals surface area contributed by atoms with E-state index in [0.717, 1.165) is 5.56 Å². The van der Waals surface area contributed by atoms with Crippen molar-refractivity contribution < 1.29 is 14.0 Å². The third-order valence-corrected chi connectivity index (χ3v) is 4.80. The number of nitrogens with zero attached hydrogens (tertiary/aromatic N) is 2. The van der Waals surface area contributed by atoms with E-state index in [2.05, 4.69) is 15.7 Å². The number of aromatic nitrogens is 2. The predicted octanol–water partition coefficient (Wildman–Crippen LogP) is 3.98. The van der Waals surface area contributed by atoms with Crippen molar-refractivity contribution in [1.82, 2.24) is 15.1 Å². The summed E-state index contributed by atoms with van der Waals surface area (Å²) in [5, 5.41) is 10.7. The highest BCUT2D eigenvalue weighted by Gasteiger charge is 2.11. The van der Waals surface area contributed by atoms with Crippen LogP contribution in [-0.2, 0) is 11.3 Å². The quantitative estimate of drug-likeness (QED) is 0.539. The molecule has 146 valence electrons. The minimum absolute atomic E-state index is 0.175. The van der Waals surface area contributed by atoms with E-state index in [1.807, 2.05) is 12.1 Å². The van der Waals surface area contributed by atoms with Crippen LogP contribution in [0.15, 0.2) is 53.3 Å². The molecule has 0 radical (unpaired) electrons. The third-order valence-electron chi connectivity index (χ3n) is 3.95. The molecule has 2 heterocycles. The third kappa shape index (κ3) is 5.15. The zero-order valence-corrected chi connectivity index (χ0v) is 16.3. The number of amides is 2. The van der Waals surface area contributed by atoms with Gasteiger partial charge >= 0.3 is 0 Å². The highest BCUT2D eigenvalue weighted by molar-refractivity contribution is 6.42.